The van der Waals surface area contributed by atoms with Crippen molar-refractivity contribution >= 4 is 0 Å². The van der Waals surface area contributed by atoms with Crippen LogP contribution in [0.2, 0.25) is 0 Å². The number of hydrogen-bond acceptors (Lipinski definition) is 0. The van der Waals surface area contributed by atoms with Crippen LogP contribution in [0.15, 0.2) is 0 Å². The van der Waals surface area contributed by atoms with E-state index in [0.29, 0.717) is 10.8 Å². The van der Waals surface area contributed by atoms with E-state index in [9.17, 15) is 0 Å². The summed E-state index contributed by atoms with van der Waals surface area (Å²) >= 11 is 0. The predicted molar refractivity (Wildman–Crippen MR) is 108 cm³/mol. The summed E-state index contributed by atoms with van der Waals surface area (Å²) in [4.78, 5) is 0. The molecule has 0 aromatic rings. The Kier molecular flexibility index (Phi) is 4.61. The first-order valence-electron chi connectivity index (χ1n) is 11.6. The third-order valence-corrected chi connectivity index (χ3v) is 9.08. The van der Waals surface area contributed by atoms with E-state index < -0.39 is 0 Å². The molecule has 0 aromatic heterocycles. The van der Waals surface area contributed by atoms with Crippen LogP contribution in [0, 0.1) is 58.2 Å². The average Bonchev–Trinajstić information content (AvgIpc) is 3.07. The fraction of sp³-hybridized carbons (Fsp3) is 1.00. The number of rotatable bonds is 0. The van der Waals surface area contributed by atoms with Crippen molar-refractivity contribution in [2.75, 3.05) is 0 Å². The summed E-state index contributed by atoms with van der Waals surface area (Å²) in [5, 5.41) is 0. The smallest absolute Gasteiger partial charge is 0.0308 e. The quantitative estimate of drug-likeness (QED) is 0.425. The van der Waals surface area contributed by atoms with Crippen LogP contribution in [0.25, 0.3) is 0 Å². The largest absolute Gasteiger partial charge is 0.0599 e. The Morgan fingerprint density at radius 2 is 1.00 bits per heavy atom. The van der Waals surface area contributed by atoms with Crippen molar-refractivity contribution < 1.29 is 0 Å². The minimum absolute atomic E-state index is 0.572. The van der Waals surface area contributed by atoms with Gasteiger partial charge in [-0.05, 0) is 110 Å². The van der Waals surface area contributed by atoms with Crippen molar-refractivity contribution in [2.45, 2.75) is 99.3 Å². The Bertz CT molecular complexity index is 445. The molecule has 0 heteroatoms. The van der Waals surface area contributed by atoms with Gasteiger partial charge in [-0.25, -0.2) is 0 Å². The molecular formula is C25H44. The van der Waals surface area contributed by atoms with Crippen molar-refractivity contribution in [2.24, 2.45) is 58.2 Å². The molecule has 3 unspecified atom stereocenters. The summed E-state index contributed by atoms with van der Waals surface area (Å²) in [5.74, 6) is 8.78. The zero-order valence-electron chi connectivity index (χ0n) is 18.0. The molecule has 6 aliphatic rings. The molecule has 0 heterocycles. The Balaban J connectivity index is 0.000000129. The lowest BCUT2D eigenvalue weighted by Gasteiger charge is -2.58. The van der Waals surface area contributed by atoms with E-state index in [1.54, 1.807) is 38.5 Å². The molecule has 0 aliphatic heterocycles. The molecule has 6 bridgehead atoms. The summed E-state index contributed by atoms with van der Waals surface area (Å²) in [5.41, 5.74) is 1.16. The highest BCUT2D eigenvalue weighted by Gasteiger charge is 2.51. The van der Waals surface area contributed by atoms with Crippen LogP contribution in [-0.2, 0) is 0 Å². The van der Waals surface area contributed by atoms with Crippen LogP contribution in [0.3, 0.4) is 0 Å². The summed E-state index contributed by atoms with van der Waals surface area (Å²) in [6.45, 7) is 14.7. The highest BCUT2D eigenvalue weighted by atomic mass is 14.6. The molecule has 6 aliphatic carbocycles. The first-order chi connectivity index (χ1) is 11.6. The highest BCUT2D eigenvalue weighted by molar-refractivity contribution is 5.01. The minimum atomic E-state index is 0.572. The first kappa shape index (κ1) is 18.4. The molecule has 0 amide bonds. The maximum atomic E-state index is 2.47. The zero-order chi connectivity index (χ0) is 18.0. The van der Waals surface area contributed by atoms with Gasteiger partial charge in [-0.15, -0.1) is 0 Å². The van der Waals surface area contributed by atoms with Crippen molar-refractivity contribution in [1.82, 2.24) is 0 Å². The lowest BCUT2D eigenvalue weighted by Crippen LogP contribution is -2.49. The van der Waals surface area contributed by atoms with E-state index in [2.05, 4.69) is 41.5 Å². The second-order valence-corrected chi connectivity index (χ2v) is 13.0. The van der Waals surface area contributed by atoms with Gasteiger partial charge in [-0.2, -0.15) is 0 Å². The van der Waals surface area contributed by atoms with Crippen LogP contribution < -0.4 is 0 Å². The molecule has 25 heavy (non-hydrogen) atoms. The van der Waals surface area contributed by atoms with Crippen LogP contribution in [0.5, 0.6) is 0 Å². The van der Waals surface area contributed by atoms with Gasteiger partial charge in [0.05, 0.1) is 0 Å². The van der Waals surface area contributed by atoms with Crippen molar-refractivity contribution in [3.05, 3.63) is 0 Å². The van der Waals surface area contributed by atoms with Gasteiger partial charge < -0.3 is 0 Å². The van der Waals surface area contributed by atoms with Crippen molar-refractivity contribution in [3.8, 4) is 0 Å². The minimum Gasteiger partial charge on any atom is -0.0599 e. The second-order valence-electron chi connectivity index (χ2n) is 13.0. The monoisotopic (exact) mass is 344 g/mol. The van der Waals surface area contributed by atoms with Crippen molar-refractivity contribution in [1.29, 1.82) is 0 Å². The maximum Gasteiger partial charge on any atom is -0.0308 e. The van der Waals surface area contributed by atoms with E-state index in [1.165, 1.54) is 19.3 Å². The molecule has 0 N–H and O–H groups in total. The molecule has 6 fully saturated rings. The maximum absolute atomic E-state index is 2.47. The van der Waals surface area contributed by atoms with E-state index in [0.717, 1.165) is 47.3 Å². The Morgan fingerprint density at radius 1 is 0.480 bits per heavy atom. The third-order valence-electron chi connectivity index (χ3n) is 9.08. The van der Waals surface area contributed by atoms with Gasteiger partial charge in [0.1, 0.15) is 0 Å². The van der Waals surface area contributed by atoms with E-state index in [4.69, 9.17) is 0 Å². The zero-order valence-corrected chi connectivity index (χ0v) is 18.0. The SMILES string of the molecule is CC(C)(C)C1C2CC3CC(C2)CC1C3.CC(C)(C)C1CC2CCC1C2. The third kappa shape index (κ3) is 3.58. The van der Waals surface area contributed by atoms with Crippen LogP contribution in [-0.4, -0.2) is 0 Å². The lowest BCUT2D eigenvalue weighted by atomic mass is 9.47. The van der Waals surface area contributed by atoms with Gasteiger partial charge in [0, 0.05) is 0 Å². The molecule has 0 radical (unpaired) electrons. The summed E-state index contributed by atoms with van der Waals surface area (Å²) in [7, 11) is 0. The molecule has 3 atom stereocenters. The van der Waals surface area contributed by atoms with Gasteiger partial charge in [0.25, 0.3) is 0 Å². The molecular weight excluding hydrogens is 300 g/mol. The summed E-state index contributed by atoms with van der Waals surface area (Å²) < 4.78 is 0. The van der Waals surface area contributed by atoms with Gasteiger partial charge >= 0.3 is 0 Å². The van der Waals surface area contributed by atoms with Crippen LogP contribution in [0.1, 0.15) is 99.3 Å². The molecule has 144 valence electrons. The number of fused-ring (bicyclic) bond motifs is 2. The predicted octanol–water partition coefficient (Wildman–Crippen LogP) is 7.57. The fourth-order valence-corrected chi connectivity index (χ4v) is 8.64. The van der Waals surface area contributed by atoms with Crippen LogP contribution >= 0.6 is 0 Å². The van der Waals surface area contributed by atoms with Crippen molar-refractivity contribution in [3.63, 3.8) is 0 Å². The fourth-order valence-electron chi connectivity index (χ4n) is 8.64. The molecule has 6 saturated carbocycles. The van der Waals surface area contributed by atoms with Crippen LogP contribution in [0.4, 0.5) is 0 Å². The van der Waals surface area contributed by atoms with Gasteiger partial charge in [0.15, 0.2) is 0 Å². The molecule has 6 rings (SSSR count). The summed E-state index contributed by atoms with van der Waals surface area (Å²) in [6.07, 6.45) is 14.1. The normalized spacial score (nSPS) is 47.8. The molecule has 0 nitrogen and oxygen atoms in total. The van der Waals surface area contributed by atoms with Gasteiger partial charge in [-0.3, -0.25) is 0 Å². The lowest BCUT2D eigenvalue weighted by molar-refractivity contribution is -0.0811. The van der Waals surface area contributed by atoms with Gasteiger partial charge in [0.2, 0.25) is 0 Å². The molecule has 0 spiro atoms. The number of hydrogen-bond donors (Lipinski definition) is 0. The first-order valence-corrected chi connectivity index (χ1v) is 11.6. The van der Waals surface area contributed by atoms with E-state index >= 15 is 0 Å². The Hall–Kier alpha value is 0. The standard InChI is InChI=1S/C14H24.C11H20/c1-14(2,3)13-11-5-9-4-10(7-11)8-12(13)6-9;1-11(2,3)10-7-8-4-5-9(10)6-8/h9-13H,4-8H2,1-3H3;8-10H,4-7H2,1-3H3. The second kappa shape index (κ2) is 6.27. The summed E-state index contributed by atoms with van der Waals surface area (Å²) in [6, 6.07) is 0. The topological polar surface area (TPSA) is 0 Å². The molecule has 0 saturated heterocycles. The van der Waals surface area contributed by atoms with E-state index in [-0.39, 0.29) is 0 Å². The van der Waals surface area contributed by atoms with Gasteiger partial charge in [-0.1, -0.05) is 48.0 Å². The van der Waals surface area contributed by atoms with E-state index in [1.807, 2.05) is 0 Å². The Labute approximate surface area is 157 Å². The average molecular weight is 345 g/mol. The molecule has 0 aromatic carbocycles. The highest BCUT2D eigenvalue weighted by Crippen LogP contribution is 2.60. The Morgan fingerprint density at radius 3 is 1.32 bits per heavy atom.